The van der Waals surface area contributed by atoms with Crippen LogP contribution in [0.5, 0.6) is 0 Å². The van der Waals surface area contributed by atoms with Crippen LogP contribution in [0.25, 0.3) is 0 Å². The van der Waals surface area contributed by atoms with Gasteiger partial charge in [-0.1, -0.05) is 6.07 Å². The number of aryl methyl sites for hydroxylation is 3. The van der Waals surface area contributed by atoms with Gasteiger partial charge in [0.05, 0.1) is 6.20 Å². The Morgan fingerprint density at radius 3 is 2.61 bits per heavy atom. The van der Waals surface area contributed by atoms with Gasteiger partial charge in [-0.2, -0.15) is 5.10 Å². The molecule has 0 aromatic carbocycles. The van der Waals surface area contributed by atoms with Crippen LogP contribution in [-0.2, 0) is 24.7 Å². The Kier molecular flexibility index (Phi) is 4.23. The van der Waals surface area contributed by atoms with E-state index in [1.54, 1.807) is 10.9 Å². The molecule has 2 heterocycles. The van der Waals surface area contributed by atoms with E-state index >= 15 is 0 Å². The molecule has 0 radical (unpaired) electrons. The second-order valence-corrected chi connectivity index (χ2v) is 4.42. The smallest absolute Gasteiger partial charge is 0.133 e. The standard InChI is InChI=1S/C14H17N3O/c1-17-11-13(10-16-17)5-7-14(18)6-4-12-3-2-8-15-9-12/h2-3,8-11H,4-7H2,1H3. The molecule has 2 aromatic rings. The highest BCUT2D eigenvalue weighted by Crippen LogP contribution is 2.06. The Morgan fingerprint density at radius 1 is 1.22 bits per heavy atom. The third-order valence-corrected chi connectivity index (χ3v) is 2.87. The van der Waals surface area contributed by atoms with Gasteiger partial charge in [0.15, 0.2) is 0 Å². The van der Waals surface area contributed by atoms with Crippen LogP contribution >= 0.6 is 0 Å². The summed E-state index contributed by atoms with van der Waals surface area (Å²) in [5.41, 5.74) is 2.24. The zero-order valence-electron chi connectivity index (χ0n) is 10.5. The van der Waals surface area contributed by atoms with Crippen molar-refractivity contribution in [1.82, 2.24) is 14.8 Å². The lowest BCUT2D eigenvalue weighted by Crippen LogP contribution is -2.02. The fourth-order valence-electron chi connectivity index (χ4n) is 1.84. The van der Waals surface area contributed by atoms with Gasteiger partial charge in [-0.15, -0.1) is 0 Å². The largest absolute Gasteiger partial charge is 0.300 e. The van der Waals surface area contributed by atoms with E-state index in [1.165, 1.54) is 0 Å². The molecule has 0 atom stereocenters. The van der Waals surface area contributed by atoms with E-state index < -0.39 is 0 Å². The van der Waals surface area contributed by atoms with Crippen molar-refractivity contribution in [2.75, 3.05) is 0 Å². The molecule has 0 amide bonds. The Labute approximate surface area is 107 Å². The van der Waals surface area contributed by atoms with E-state index in [0.29, 0.717) is 18.6 Å². The molecule has 0 aliphatic rings. The average Bonchev–Trinajstić information content (AvgIpc) is 2.81. The summed E-state index contributed by atoms with van der Waals surface area (Å²) in [6.07, 6.45) is 10.1. The van der Waals surface area contributed by atoms with Crippen LogP contribution in [0.15, 0.2) is 36.9 Å². The van der Waals surface area contributed by atoms with E-state index in [1.807, 2.05) is 37.8 Å². The average molecular weight is 243 g/mol. The number of aromatic nitrogens is 3. The quantitative estimate of drug-likeness (QED) is 0.779. The van der Waals surface area contributed by atoms with Gasteiger partial charge >= 0.3 is 0 Å². The fraction of sp³-hybridized carbons (Fsp3) is 0.357. The third kappa shape index (κ3) is 3.80. The van der Waals surface area contributed by atoms with Gasteiger partial charge in [0.25, 0.3) is 0 Å². The number of carbonyl (C=O) groups excluding carboxylic acids is 1. The first-order valence-corrected chi connectivity index (χ1v) is 6.12. The van der Waals surface area contributed by atoms with Gasteiger partial charge in [-0.05, 0) is 30.0 Å². The number of carbonyl (C=O) groups is 1. The molecule has 2 aromatic heterocycles. The minimum atomic E-state index is 0.294. The summed E-state index contributed by atoms with van der Waals surface area (Å²) in [5.74, 6) is 0.294. The van der Waals surface area contributed by atoms with Crippen molar-refractivity contribution in [1.29, 1.82) is 0 Å². The van der Waals surface area contributed by atoms with Crippen LogP contribution in [-0.4, -0.2) is 20.5 Å². The van der Waals surface area contributed by atoms with Crippen LogP contribution < -0.4 is 0 Å². The molecule has 4 heteroatoms. The monoisotopic (exact) mass is 243 g/mol. The predicted octanol–water partition coefficient (Wildman–Crippen LogP) is 1.95. The number of ketones is 1. The number of Topliss-reactive ketones (excluding diaryl/α,β-unsaturated/α-hetero) is 1. The first-order chi connectivity index (χ1) is 8.74. The highest BCUT2D eigenvalue weighted by molar-refractivity contribution is 5.78. The lowest BCUT2D eigenvalue weighted by molar-refractivity contribution is -0.119. The summed E-state index contributed by atoms with van der Waals surface area (Å²) in [4.78, 5) is 15.8. The number of rotatable bonds is 6. The van der Waals surface area contributed by atoms with Crippen LogP contribution in [0.3, 0.4) is 0 Å². The summed E-state index contributed by atoms with van der Waals surface area (Å²) >= 11 is 0. The molecule has 94 valence electrons. The normalized spacial score (nSPS) is 10.5. The van der Waals surface area contributed by atoms with E-state index in [9.17, 15) is 4.79 Å². The lowest BCUT2D eigenvalue weighted by atomic mass is 10.0. The van der Waals surface area contributed by atoms with Crippen LogP contribution in [0.2, 0.25) is 0 Å². The molecule has 0 fully saturated rings. The Morgan fingerprint density at radius 2 is 2.00 bits per heavy atom. The molecule has 0 aliphatic heterocycles. The number of hydrogen-bond donors (Lipinski definition) is 0. The van der Waals surface area contributed by atoms with Gasteiger partial charge in [0.2, 0.25) is 0 Å². The first-order valence-electron chi connectivity index (χ1n) is 6.12. The highest BCUT2D eigenvalue weighted by atomic mass is 16.1. The molecule has 2 rings (SSSR count). The second-order valence-electron chi connectivity index (χ2n) is 4.42. The molecule has 0 aliphatic carbocycles. The second kappa shape index (κ2) is 6.10. The molecule has 18 heavy (non-hydrogen) atoms. The molecule has 0 bridgehead atoms. The first kappa shape index (κ1) is 12.5. The number of pyridine rings is 1. The number of hydrogen-bond acceptors (Lipinski definition) is 3. The molecule has 0 N–H and O–H groups in total. The fourth-order valence-corrected chi connectivity index (χ4v) is 1.84. The zero-order chi connectivity index (χ0) is 12.8. The Hall–Kier alpha value is -1.97. The summed E-state index contributed by atoms with van der Waals surface area (Å²) in [6, 6.07) is 3.90. The van der Waals surface area contributed by atoms with Crippen molar-refractivity contribution in [3.8, 4) is 0 Å². The van der Waals surface area contributed by atoms with Crippen molar-refractivity contribution in [2.45, 2.75) is 25.7 Å². The zero-order valence-corrected chi connectivity index (χ0v) is 10.5. The molecule has 0 spiro atoms. The Bertz CT molecular complexity index is 505. The van der Waals surface area contributed by atoms with Crippen molar-refractivity contribution in [2.24, 2.45) is 7.05 Å². The number of nitrogens with zero attached hydrogens (tertiary/aromatic N) is 3. The van der Waals surface area contributed by atoms with Crippen molar-refractivity contribution < 1.29 is 4.79 Å². The SMILES string of the molecule is Cn1cc(CCC(=O)CCc2cccnc2)cn1. The maximum Gasteiger partial charge on any atom is 0.133 e. The molecule has 0 saturated carbocycles. The highest BCUT2D eigenvalue weighted by Gasteiger charge is 2.04. The maximum atomic E-state index is 11.7. The maximum absolute atomic E-state index is 11.7. The van der Waals surface area contributed by atoms with E-state index in [2.05, 4.69) is 10.1 Å². The molecule has 0 unspecified atom stereocenters. The Balaban J connectivity index is 1.73. The predicted molar refractivity (Wildman–Crippen MR) is 69.1 cm³/mol. The van der Waals surface area contributed by atoms with Crippen LogP contribution in [0.1, 0.15) is 24.0 Å². The summed E-state index contributed by atoms with van der Waals surface area (Å²) in [5, 5.41) is 4.09. The third-order valence-electron chi connectivity index (χ3n) is 2.87. The lowest BCUT2D eigenvalue weighted by Gasteiger charge is -2.00. The summed E-state index contributed by atoms with van der Waals surface area (Å²) in [7, 11) is 1.88. The summed E-state index contributed by atoms with van der Waals surface area (Å²) in [6.45, 7) is 0. The molecular weight excluding hydrogens is 226 g/mol. The van der Waals surface area contributed by atoms with Gasteiger partial charge in [0.1, 0.15) is 5.78 Å². The molecule has 4 nitrogen and oxygen atoms in total. The van der Waals surface area contributed by atoms with Crippen molar-refractivity contribution in [3.05, 3.63) is 48.0 Å². The van der Waals surface area contributed by atoms with Crippen molar-refractivity contribution >= 4 is 5.78 Å². The minimum absolute atomic E-state index is 0.294. The van der Waals surface area contributed by atoms with Gasteiger partial charge in [0, 0.05) is 38.5 Å². The van der Waals surface area contributed by atoms with Gasteiger partial charge in [-0.25, -0.2) is 0 Å². The topological polar surface area (TPSA) is 47.8 Å². The minimum Gasteiger partial charge on any atom is -0.300 e. The van der Waals surface area contributed by atoms with Gasteiger partial charge < -0.3 is 0 Å². The molecular formula is C14H17N3O. The molecule has 0 saturated heterocycles. The van der Waals surface area contributed by atoms with E-state index in [4.69, 9.17) is 0 Å². The van der Waals surface area contributed by atoms with Crippen molar-refractivity contribution in [3.63, 3.8) is 0 Å². The van der Waals surface area contributed by atoms with Gasteiger partial charge in [-0.3, -0.25) is 14.5 Å². The van der Waals surface area contributed by atoms with E-state index in [0.717, 1.165) is 24.0 Å². The summed E-state index contributed by atoms with van der Waals surface area (Å²) < 4.78 is 1.76. The van der Waals surface area contributed by atoms with E-state index in [-0.39, 0.29) is 0 Å². The van der Waals surface area contributed by atoms with Crippen LogP contribution in [0.4, 0.5) is 0 Å². The van der Waals surface area contributed by atoms with Crippen LogP contribution in [0, 0.1) is 0 Å².